The van der Waals surface area contributed by atoms with Gasteiger partial charge in [0.05, 0.1) is 11.5 Å². The van der Waals surface area contributed by atoms with Gasteiger partial charge < -0.3 is 9.64 Å². The van der Waals surface area contributed by atoms with Gasteiger partial charge in [-0.25, -0.2) is 12.8 Å². The molecule has 0 bridgehead atoms. The highest BCUT2D eigenvalue weighted by Gasteiger charge is 2.35. The first-order valence-electron chi connectivity index (χ1n) is 9.59. The number of carbonyl (C=O) groups is 1. The Labute approximate surface area is 171 Å². The zero-order chi connectivity index (χ0) is 21.2. The van der Waals surface area contributed by atoms with Crippen LogP contribution >= 0.6 is 0 Å². The van der Waals surface area contributed by atoms with Crippen LogP contribution in [-0.2, 0) is 21.2 Å². The Morgan fingerprint density at radius 3 is 2.45 bits per heavy atom. The number of sulfone groups is 1. The summed E-state index contributed by atoms with van der Waals surface area (Å²) in [5, 5.41) is 0. The Morgan fingerprint density at radius 1 is 1.17 bits per heavy atom. The summed E-state index contributed by atoms with van der Waals surface area (Å²) in [5.41, 5.74) is 3.61. The minimum absolute atomic E-state index is 0.0572. The largest absolute Gasteiger partial charge is 0.483 e. The predicted octanol–water partition coefficient (Wildman–Crippen LogP) is 3.35. The highest BCUT2D eigenvalue weighted by atomic mass is 32.2. The molecule has 5 nitrogen and oxygen atoms in total. The van der Waals surface area contributed by atoms with E-state index in [4.69, 9.17) is 4.74 Å². The monoisotopic (exact) mass is 419 g/mol. The van der Waals surface area contributed by atoms with Gasteiger partial charge in [-0.1, -0.05) is 29.8 Å². The van der Waals surface area contributed by atoms with E-state index in [-0.39, 0.29) is 30.6 Å². The third-order valence-electron chi connectivity index (χ3n) is 5.16. The molecule has 1 saturated heterocycles. The molecule has 29 heavy (non-hydrogen) atoms. The van der Waals surface area contributed by atoms with Crippen molar-refractivity contribution in [1.82, 2.24) is 4.90 Å². The van der Waals surface area contributed by atoms with Gasteiger partial charge in [0, 0.05) is 12.6 Å². The lowest BCUT2D eigenvalue weighted by molar-refractivity contribution is -0.136. The van der Waals surface area contributed by atoms with E-state index in [0.29, 0.717) is 17.7 Å². The average molecular weight is 420 g/mol. The molecule has 7 heteroatoms. The molecular weight excluding hydrogens is 393 g/mol. The zero-order valence-corrected chi connectivity index (χ0v) is 17.8. The molecule has 1 heterocycles. The van der Waals surface area contributed by atoms with Crippen molar-refractivity contribution in [3.05, 3.63) is 64.5 Å². The van der Waals surface area contributed by atoms with Crippen LogP contribution < -0.4 is 4.74 Å². The molecule has 156 valence electrons. The summed E-state index contributed by atoms with van der Waals surface area (Å²) in [6.45, 7) is 5.79. The maximum atomic E-state index is 13.6. The van der Waals surface area contributed by atoms with Crippen molar-refractivity contribution in [2.75, 3.05) is 18.1 Å². The molecule has 1 aliphatic heterocycles. The number of amides is 1. The van der Waals surface area contributed by atoms with Gasteiger partial charge in [-0.3, -0.25) is 4.79 Å². The van der Waals surface area contributed by atoms with E-state index >= 15 is 0 Å². The first-order valence-corrected chi connectivity index (χ1v) is 11.4. The topological polar surface area (TPSA) is 63.7 Å². The second-order valence-electron chi connectivity index (χ2n) is 7.72. The van der Waals surface area contributed by atoms with E-state index in [2.05, 4.69) is 0 Å². The zero-order valence-electron chi connectivity index (χ0n) is 16.9. The van der Waals surface area contributed by atoms with Crippen LogP contribution in [0.3, 0.4) is 0 Å². The number of hydrogen-bond acceptors (Lipinski definition) is 4. The molecule has 1 aliphatic rings. The Kier molecular flexibility index (Phi) is 6.27. The summed E-state index contributed by atoms with van der Waals surface area (Å²) < 4.78 is 43.3. The predicted molar refractivity (Wildman–Crippen MR) is 110 cm³/mol. The maximum absolute atomic E-state index is 13.6. The number of rotatable bonds is 6. The number of nitrogens with zero attached hydrogens (tertiary/aromatic N) is 1. The Bertz CT molecular complexity index is 996. The highest BCUT2D eigenvalue weighted by molar-refractivity contribution is 7.91. The standard InChI is InChI=1S/C22H26FNO4S/c1-15-9-16(2)22(17(3)10-15)28-13-21(25)24(20-7-8-29(26,27)14-20)12-18-5-4-6-19(23)11-18/h4-6,9-11,20H,7-8,12-14H2,1-3H3/t20-/m0/s1. The fourth-order valence-corrected chi connectivity index (χ4v) is 5.62. The van der Waals surface area contributed by atoms with Crippen LogP contribution in [0, 0.1) is 26.6 Å². The number of halogens is 1. The minimum atomic E-state index is -3.17. The number of ether oxygens (including phenoxy) is 1. The normalized spacial score (nSPS) is 17.9. The Balaban J connectivity index is 1.79. The molecular formula is C22H26FNO4S. The van der Waals surface area contributed by atoms with Crippen molar-refractivity contribution in [3.63, 3.8) is 0 Å². The molecule has 0 unspecified atom stereocenters. The number of benzene rings is 2. The van der Waals surface area contributed by atoms with Gasteiger partial charge in [-0.2, -0.15) is 0 Å². The van der Waals surface area contributed by atoms with Gasteiger partial charge in [0.1, 0.15) is 11.6 Å². The van der Waals surface area contributed by atoms with Gasteiger partial charge in [-0.05, 0) is 56.0 Å². The van der Waals surface area contributed by atoms with Crippen molar-refractivity contribution in [3.8, 4) is 5.75 Å². The van der Waals surface area contributed by atoms with E-state index in [1.807, 2.05) is 32.9 Å². The smallest absolute Gasteiger partial charge is 0.261 e. The Morgan fingerprint density at radius 2 is 1.86 bits per heavy atom. The van der Waals surface area contributed by atoms with Crippen LogP contribution in [0.25, 0.3) is 0 Å². The molecule has 1 fully saturated rings. The van der Waals surface area contributed by atoms with Gasteiger partial charge in [0.25, 0.3) is 5.91 Å². The molecule has 1 amide bonds. The third kappa shape index (κ3) is 5.35. The van der Waals surface area contributed by atoms with E-state index in [9.17, 15) is 17.6 Å². The highest BCUT2D eigenvalue weighted by Crippen LogP contribution is 2.25. The maximum Gasteiger partial charge on any atom is 0.261 e. The van der Waals surface area contributed by atoms with Gasteiger partial charge in [-0.15, -0.1) is 0 Å². The van der Waals surface area contributed by atoms with Crippen LogP contribution in [0.2, 0.25) is 0 Å². The van der Waals surface area contributed by atoms with Crippen molar-refractivity contribution >= 4 is 15.7 Å². The summed E-state index contributed by atoms with van der Waals surface area (Å²) in [6, 6.07) is 9.54. The van der Waals surface area contributed by atoms with Crippen molar-refractivity contribution in [1.29, 1.82) is 0 Å². The van der Waals surface area contributed by atoms with Crippen LogP contribution in [0.4, 0.5) is 4.39 Å². The summed E-state index contributed by atoms with van der Waals surface area (Å²) in [6.07, 6.45) is 0.381. The molecule has 1 atom stereocenters. The van der Waals surface area contributed by atoms with Crippen molar-refractivity contribution in [2.45, 2.75) is 39.8 Å². The van der Waals surface area contributed by atoms with Crippen LogP contribution in [0.5, 0.6) is 5.75 Å². The molecule has 0 saturated carbocycles. The summed E-state index contributed by atoms with van der Waals surface area (Å²) >= 11 is 0. The van der Waals surface area contributed by atoms with Crippen LogP contribution in [-0.4, -0.2) is 43.4 Å². The number of hydrogen-bond donors (Lipinski definition) is 0. The second kappa shape index (κ2) is 8.53. The van der Waals surface area contributed by atoms with Crippen LogP contribution in [0.1, 0.15) is 28.7 Å². The SMILES string of the molecule is Cc1cc(C)c(OCC(=O)N(Cc2cccc(F)c2)[C@H]2CCS(=O)(=O)C2)c(C)c1. The summed E-state index contributed by atoms with van der Waals surface area (Å²) in [5.74, 6) is -0.0568. The van der Waals surface area contributed by atoms with Crippen molar-refractivity contribution in [2.24, 2.45) is 0 Å². The summed E-state index contributed by atoms with van der Waals surface area (Å²) in [7, 11) is -3.17. The fraction of sp³-hybridized carbons (Fsp3) is 0.409. The number of aryl methyl sites for hydroxylation is 3. The lowest BCUT2D eigenvalue weighted by atomic mass is 10.1. The lowest BCUT2D eigenvalue weighted by Gasteiger charge is -2.28. The van der Waals surface area contributed by atoms with Gasteiger partial charge in [0.2, 0.25) is 0 Å². The van der Waals surface area contributed by atoms with Gasteiger partial charge in [0.15, 0.2) is 16.4 Å². The first kappa shape index (κ1) is 21.3. The molecule has 0 aromatic heterocycles. The molecule has 0 spiro atoms. The third-order valence-corrected chi connectivity index (χ3v) is 6.91. The molecule has 3 rings (SSSR count). The molecule has 2 aromatic rings. The quantitative estimate of drug-likeness (QED) is 0.720. The second-order valence-corrected chi connectivity index (χ2v) is 9.95. The van der Waals surface area contributed by atoms with E-state index < -0.39 is 21.7 Å². The molecule has 0 aliphatic carbocycles. The Hall–Kier alpha value is -2.41. The van der Waals surface area contributed by atoms with Crippen LogP contribution in [0.15, 0.2) is 36.4 Å². The summed E-state index contributed by atoms with van der Waals surface area (Å²) in [4.78, 5) is 14.5. The van der Waals surface area contributed by atoms with E-state index in [1.165, 1.54) is 17.0 Å². The van der Waals surface area contributed by atoms with E-state index in [1.54, 1.807) is 12.1 Å². The first-order chi connectivity index (χ1) is 13.6. The van der Waals surface area contributed by atoms with Gasteiger partial charge >= 0.3 is 0 Å². The van der Waals surface area contributed by atoms with Crippen molar-refractivity contribution < 1.29 is 22.3 Å². The average Bonchev–Trinajstić information content (AvgIpc) is 2.98. The molecule has 0 radical (unpaired) electrons. The van der Waals surface area contributed by atoms with E-state index in [0.717, 1.165) is 16.7 Å². The minimum Gasteiger partial charge on any atom is -0.483 e. The molecule has 0 N–H and O–H groups in total. The molecule has 2 aromatic carbocycles. The lowest BCUT2D eigenvalue weighted by Crippen LogP contribution is -2.43. The number of carbonyl (C=O) groups excluding carboxylic acids is 1. The fourth-order valence-electron chi connectivity index (χ4n) is 3.89.